The number of thioether (sulfide) groups is 1. The molecule has 0 saturated carbocycles. The second-order valence-electron chi connectivity index (χ2n) is 6.23. The lowest BCUT2D eigenvalue weighted by Gasteiger charge is -2.26. The highest BCUT2D eigenvalue weighted by Crippen LogP contribution is 2.22. The van der Waals surface area contributed by atoms with Gasteiger partial charge >= 0.3 is 0 Å². The summed E-state index contributed by atoms with van der Waals surface area (Å²) in [4.78, 5) is 25.7. The summed E-state index contributed by atoms with van der Waals surface area (Å²) in [6, 6.07) is 13.0. The third-order valence-electron chi connectivity index (χ3n) is 4.18. The topological polar surface area (TPSA) is 58.6 Å². The smallest absolute Gasteiger partial charge is 0.262 e. The van der Waals surface area contributed by atoms with Crippen molar-refractivity contribution < 1.29 is 14.3 Å². The maximum Gasteiger partial charge on any atom is 0.262 e. The number of nitrogens with zero attached hydrogens (tertiary/aromatic N) is 1. The molecule has 142 valence electrons. The fourth-order valence-electron chi connectivity index (χ4n) is 2.85. The Hall–Kier alpha value is -1.83. The van der Waals surface area contributed by atoms with E-state index in [1.807, 2.05) is 30.0 Å². The molecule has 1 fully saturated rings. The van der Waals surface area contributed by atoms with E-state index < -0.39 is 0 Å². The largest absolute Gasteiger partial charge is 0.483 e. The van der Waals surface area contributed by atoms with Gasteiger partial charge < -0.3 is 10.1 Å². The van der Waals surface area contributed by atoms with Crippen LogP contribution in [0.1, 0.15) is 15.9 Å². The number of hydrogen-bond donors (Lipinski definition) is 1. The van der Waals surface area contributed by atoms with Crippen LogP contribution in [0.4, 0.5) is 5.69 Å². The van der Waals surface area contributed by atoms with Crippen molar-refractivity contribution >= 4 is 45.6 Å². The molecule has 1 aliphatic rings. The van der Waals surface area contributed by atoms with Crippen LogP contribution in [0.5, 0.6) is 5.75 Å². The molecule has 1 aliphatic heterocycles. The van der Waals surface area contributed by atoms with E-state index in [0.717, 1.165) is 29.8 Å². The number of halogens is 1. The first-order valence-electron chi connectivity index (χ1n) is 8.70. The van der Waals surface area contributed by atoms with Crippen LogP contribution < -0.4 is 10.1 Å². The van der Waals surface area contributed by atoms with Crippen molar-refractivity contribution in [2.45, 2.75) is 6.54 Å². The Balaban J connectivity index is 1.54. The van der Waals surface area contributed by atoms with E-state index in [1.165, 1.54) is 17.1 Å². The second kappa shape index (κ2) is 9.92. The van der Waals surface area contributed by atoms with E-state index >= 15 is 0 Å². The number of carbonyl (C=O) groups is 2. The predicted octanol–water partition coefficient (Wildman–Crippen LogP) is 3.83. The van der Waals surface area contributed by atoms with Crippen LogP contribution in [0, 0.1) is 0 Å². The number of hydrogen-bond acceptors (Lipinski definition) is 5. The van der Waals surface area contributed by atoms with Crippen LogP contribution in [0.2, 0.25) is 0 Å². The molecule has 0 aliphatic carbocycles. The Bertz CT molecular complexity index is 810. The minimum atomic E-state index is -0.263. The minimum absolute atomic E-state index is 0.157. The van der Waals surface area contributed by atoms with E-state index in [1.54, 1.807) is 18.2 Å². The van der Waals surface area contributed by atoms with Crippen molar-refractivity contribution in [1.82, 2.24) is 4.90 Å². The van der Waals surface area contributed by atoms with E-state index in [4.69, 9.17) is 4.74 Å². The van der Waals surface area contributed by atoms with Gasteiger partial charge in [-0.3, -0.25) is 14.5 Å². The molecule has 1 saturated heterocycles. The Kier molecular flexibility index (Phi) is 7.32. The van der Waals surface area contributed by atoms with Gasteiger partial charge in [-0.1, -0.05) is 28.1 Å². The van der Waals surface area contributed by atoms with Crippen LogP contribution >= 0.6 is 27.7 Å². The molecule has 0 aromatic heterocycles. The van der Waals surface area contributed by atoms with Crippen LogP contribution in [-0.2, 0) is 11.3 Å². The summed E-state index contributed by atoms with van der Waals surface area (Å²) in [6.07, 6.45) is 0.709. The standard InChI is InChI=1S/C20H21BrN2O3S/c21-17-4-5-19(16(11-17)13-24)26-14-20(25)22-18-3-1-2-15(10-18)12-23-6-8-27-9-7-23/h1-5,10-11,13H,6-9,12,14H2,(H,22,25). The van der Waals surface area contributed by atoms with Gasteiger partial charge in [-0.2, -0.15) is 11.8 Å². The Morgan fingerprint density at radius 2 is 2.04 bits per heavy atom. The van der Waals surface area contributed by atoms with Gasteiger partial charge in [0, 0.05) is 41.3 Å². The number of benzene rings is 2. The fraction of sp³-hybridized carbons (Fsp3) is 0.300. The zero-order chi connectivity index (χ0) is 19.1. The highest BCUT2D eigenvalue weighted by Gasteiger charge is 2.12. The molecule has 1 amide bonds. The van der Waals surface area contributed by atoms with Crippen molar-refractivity contribution in [3.63, 3.8) is 0 Å². The molecule has 1 N–H and O–H groups in total. The lowest BCUT2D eigenvalue weighted by atomic mass is 10.2. The number of aldehydes is 1. The maximum absolute atomic E-state index is 12.2. The molecular formula is C20H21BrN2O3S. The van der Waals surface area contributed by atoms with Crippen LogP contribution in [-0.4, -0.2) is 48.3 Å². The second-order valence-corrected chi connectivity index (χ2v) is 8.37. The molecule has 3 rings (SSSR count). The zero-order valence-electron chi connectivity index (χ0n) is 14.8. The summed E-state index contributed by atoms with van der Waals surface area (Å²) in [6.45, 7) is 2.93. The zero-order valence-corrected chi connectivity index (χ0v) is 17.2. The lowest BCUT2D eigenvalue weighted by Crippen LogP contribution is -2.32. The highest BCUT2D eigenvalue weighted by molar-refractivity contribution is 9.10. The van der Waals surface area contributed by atoms with Gasteiger partial charge in [0.2, 0.25) is 0 Å². The van der Waals surface area contributed by atoms with E-state index in [2.05, 4.69) is 32.2 Å². The summed E-state index contributed by atoms with van der Waals surface area (Å²) in [5.74, 6) is 2.47. The molecule has 27 heavy (non-hydrogen) atoms. The summed E-state index contributed by atoms with van der Waals surface area (Å²) in [7, 11) is 0. The van der Waals surface area contributed by atoms with Gasteiger partial charge in [0.05, 0.1) is 5.56 Å². The summed E-state index contributed by atoms with van der Waals surface area (Å²) < 4.78 is 6.28. The van der Waals surface area contributed by atoms with Gasteiger partial charge in [-0.05, 0) is 35.9 Å². The summed E-state index contributed by atoms with van der Waals surface area (Å²) in [5.41, 5.74) is 2.33. The van der Waals surface area contributed by atoms with Crippen LogP contribution in [0.15, 0.2) is 46.9 Å². The molecule has 0 atom stereocenters. The number of ether oxygens (including phenoxy) is 1. The van der Waals surface area contributed by atoms with Crippen LogP contribution in [0.3, 0.4) is 0 Å². The van der Waals surface area contributed by atoms with Gasteiger partial charge in [-0.25, -0.2) is 0 Å². The first-order valence-corrected chi connectivity index (χ1v) is 10.7. The van der Waals surface area contributed by atoms with Gasteiger partial charge in [0.15, 0.2) is 12.9 Å². The van der Waals surface area contributed by atoms with E-state index in [0.29, 0.717) is 17.6 Å². The maximum atomic E-state index is 12.2. The predicted molar refractivity (Wildman–Crippen MR) is 113 cm³/mol. The number of nitrogens with one attached hydrogen (secondary N) is 1. The van der Waals surface area contributed by atoms with Crippen molar-refractivity contribution in [3.8, 4) is 5.75 Å². The fourth-order valence-corrected chi connectivity index (χ4v) is 4.21. The molecule has 0 spiro atoms. The lowest BCUT2D eigenvalue weighted by molar-refractivity contribution is -0.118. The third-order valence-corrected chi connectivity index (χ3v) is 5.61. The molecule has 1 heterocycles. The molecular weight excluding hydrogens is 428 g/mol. The summed E-state index contributed by atoms with van der Waals surface area (Å²) >= 11 is 5.30. The Labute approximate surface area is 171 Å². The van der Waals surface area contributed by atoms with Crippen molar-refractivity contribution in [2.75, 3.05) is 36.5 Å². The van der Waals surface area contributed by atoms with Gasteiger partial charge in [0.1, 0.15) is 5.75 Å². The highest BCUT2D eigenvalue weighted by atomic mass is 79.9. The minimum Gasteiger partial charge on any atom is -0.483 e. The molecule has 7 heteroatoms. The number of carbonyl (C=O) groups excluding carboxylic acids is 2. The Morgan fingerprint density at radius 3 is 2.81 bits per heavy atom. The average molecular weight is 449 g/mol. The molecule has 0 unspecified atom stereocenters. The molecule has 0 radical (unpaired) electrons. The van der Waals surface area contributed by atoms with Crippen molar-refractivity contribution in [3.05, 3.63) is 58.1 Å². The third kappa shape index (κ3) is 6.09. The molecule has 2 aromatic rings. The quantitative estimate of drug-likeness (QED) is 0.652. The van der Waals surface area contributed by atoms with Crippen LogP contribution in [0.25, 0.3) is 0 Å². The molecule has 2 aromatic carbocycles. The first-order chi connectivity index (χ1) is 13.1. The normalized spacial score (nSPS) is 14.6. The first kappa shape index (κ1) is 19.9. The number of anilines is 1. The average Bonchev–Trinajstić information content (AvgIpc) is 2.68. The SMILES string of the molecule is O=Cc1cc(Br)ccc1OCC(=O)Nc1cccc(CN2CCSCC2)c1. The van der Waals surface area contributed by atoms with Gasteiger partial charge in [-0.15, -0.1) is 0 Å². The molecule has 5 nitrogen and oxygen atoms in total. The van der Waals surface area contributed by atoms with Gasteiger partial charge in [0.25, 0.3) is 5.91 Å². The Morgan fingerprint density at radius 1 is 1.22 bits per heavy atom. The molecule has 0 bridgehead atoms. The van der Waals surface area contributed by atoms with Crippen molar-refractivity contribution in [1.29, 1.82) is 0 Å². The number of amides is 1. The number of rotatable bonds is 7. The van der Waals surface area contributed by atoms with Crippen molar-refractivity contribution in [2.24, 2.45) is 0 Å². The monoisotopic (exact) mass is 448 g/mol. The van der Waals surface area contributed by atoms with E-state index in [9.17, 15) is 9.59 Å². The van der Waals surface area contributed by atoms with E-state index in [-0.39, 0.29) is 12.5 Å². The summed E-state index contributed by atoms with van der Waals surface area (Å²) in [5, 5.41) is 2.85.